The number of hydrogen-bond donors (Lipinski definition) is 3. The minimum atomic E-state index is -0.0909. The highest BCUT2D eigenvalue weighted by atomic mass is 16.5. The molecule has 12 heavy (non-hydrogen) atoms. The Balaban J connectivity index is 3.37. The van der Waals surface area contributed by atoms with Gasteiger partial charge in [0.1, 0.15) is 0 Å². The maximum Gasteiger partial charge on any atom is 0.156 e. The van der Waals surface area contributed by atoms with Crippen molar-refractivity contribution in [1.29, 1.82) is 0 Å². The number of amidine groups is 1. The van der Waals surface area contributed by atoms with Gasteiger partial charge < -0.3 is 21.0 Å². The summed E-state index contributed by atoms with van der Waals surface area (Å²) in [7, 11) is 1.66. The Morgan fingerprint density at radius 2 is 2.42 bits per heavy atom. The summed E-state index contributed by atoms with van der Waals surface area (Å²) >= 11 is 0. The monoisotopic (exact) mass is 175 g/mol. The molecule has 5 nitrogen and oxygen atoms in total. The van der Waals surface area contributed by atoms with E-state index in [2.05, 4.69) is 10.5 Å². The highest BCUT2D eigenvalue weighted by Crippen LogP contribution is 1.83. The van der Waals surface area contributed by atoms with Crippen LogP contribution in [-0.4, -0.2) is 37.3 Å². The number of ether oxygens (including phenoxy) is 1. The third kappa shape index (κ3) is 4.92. The molecule has 0 heterocycles. The first kappa shape index (κ1) is 11.2. The predicted octanol–water partition coefficient (Wildman–Crippen LogP) is -0.253. The summed E-state index contributed by atoms with van der Waals surface area (Å²) < 4.78 is 4.86. The second kappa shape index (κ2) is 6.87. The van der Waals surface area contributed by atoms with Crippen LogP contribution in [0.25, 0.3) is 0 Å². The average molecular weight is 175 g/mol. The van der Waals surface area contributed by atoms with Gasteiger partial charge >= 0.3 is 0 Å². The van der Waals surface area contributed by atoms with E-state index in [4.69, 9.17) is 15.7 Å². The van der Waals surface area contributed by atoms with Gasteiger partial charge in [-0.3, -0.25) is 0 Å². The number of nitrogens with one attached hydrogen (secondary N) is 1. The highest BCUT2D eigenvalue weighted by molar-refractivity contribution is 5.84. The minimum Gasteiger partial charge on any atom is -0.409 e. The molecule has 0 bridgehead atoms. The van der Waals surface area contributed by atoms with E-state index in [1.807, 2.05) is 6.92 Å². The number of methoxy groups -OCH3 is 1. The van der Waals surface area contributed by atoms with E-state index >= 15 is 0 Å². The van der Waals surface area contributed by atoms with E-state index in [-0.39, 0.29) is 11.9 Å². The van der Waals surface area contributed by atoms with Gasteiger partial charge in [0.05, 0.1) is 6.04 Å². The van der Waals surface area contributed by atoms with Crippen molar-refractivity contribution in [3.8, 4) is 0 Å². The van der Waals surface area contributed by atoms with Crippen LogP contribution in [0.15, 0.2) is 5.16 Å². The van der Waals surface area contributed by atoms with Gasteiger partial charge in [-0.15, -0.1) is 0 Å². The van der Waals surface area contributed by atoms with Crippen LogP contribution < -0.4 is 11.1 Å². The fourth-order valence-electron chi connectivity index (χ4n) is 0.726. The lowest BCUT2D eigenvalue weighted by Gasteiger charge is -2.11. The topological polar surface area (TPSA) is 79.9 Å². The van der Waals surface area contributed by atoms with Crippen molar-refractivity contribution in [1.82, 2.24) is 5.32 Å². The second-order valence-electron chi connectivity index (χ2n) is 2.55. The maximum atomic E-state index is 8.31. The smallest absolute Gasteiger partial charge is 0.156 e. The lowest BCUT2D eigenvalue weighted by atomic mass is 10.3. The molecule has 0 aromatic rings. The molecule has 0 aliphatic carbocycles. The molecule has 72 valence electrons. The second-order valence-corrected chi connectivity index (χ2v) is 2.55. The average Bonchev–Trinajstić information content (AvgIpc) is 2.10. The fourth-order valence-corrected chi connectivity index (χ4v) is 0.726. The molecule has 0 fully saturated rings. The van der Waals surface area contributed by atoms with Crippen LogP contribution in [0.2, 0.25) is 0 Å². The van der Waals surface area contributed by atoms with Crippen molar-refractivity contribution < 1.29 is 9.94 Å². The molecule has 1 unspecified atom stereocenters. The van der Waals surface area contributed by atoms with Crippen LogP contribution >= 0.6 is 0 Å². The lowest BCUT2D eigenvalue weighted by Crippen LogP contribution is -2.39. The molecule has 0 aromatic heterocycles. The van der Waals surface area contributed by atoms with Gasteiger partial charge in [-0.05, 0) is 19.9 Å². The number of nitrogens with two attached hydrogens (primary N) is 1. The quantitative estimate of drug-likeness (QED) is 0.171. The van der Waals surface area contributed by atoms with Crippen molar-refractivity contribution in [2.24, 2.45) is 10.9 Å². The number of rotatable bonds is 6. The van der Waals surface area contributed by atoms with Crippen LogP contribution in [-0.2, 0) is 4.74 Å². The molecule has 0 saturated heterocycles. The Kier molecular flexibility index (Phi) is 6.41. The van der Waals surface area contributed by atoms with Gasteiger partial charge in [-0.2, -0.15) is 0 Å². The van der Waals surface area contributed by atoms with E-state index in [0.29, 0.717) is 0 Å². The molecule has 0 rings (SSSR count). The SMILES string of the molecule is COCCCNC(C)C(N)=NO. The standard InChI is InChI=1S/C7H17N3O2/c1-6(7(8)10-11)9-4-3-5-12-2/h6,9,11H,3-5H2,1-2H3,(H2,8,10). The van der Waals surface area contributed by atoms with Crippen LogP contribution in [0.4, 0.5) is 0 Å². The molecule has 0 spiro atoms. The summed E-state index contributed by atoms with van der Waals surface area (Å²) in [5, 5.41) is 14.3. The summed E-state index contributed by atoms with van der Waals surface area (Å²) in [5.41, 5.74) is 5.34. The molecule has 5 heteroatoms. The molecular formula is C7H17N3O2. The molecule has 0 radical (unpaired) electrons. The van der Waals surface area contributed by atoms with E-state index in [1.165, 1.54) is 0 Å². The van der Waals surface area contributed by atoms with Gasteiger partial charge in [0, 0.05) is 13.7 Å². The van der Waals surface area contributed by atoms with Gasteiger partial charge in [0.25, 0.3) is 0 Å². The summed E-state index contributed by atoms with van der Waals surface area (Å²) in [4.78, 5) is 0. The van der Waals surface area contributed by atoms with Crippen molar-refractivity contribution in [2.45, 2.75) is 19.4 Å². The molecule has 0 amide bonds. The van der Waals surface area contributed by atoms with Crippen LogP contribution in [0, 0.1) is 0 Å². The summed E-state index contributed by atoms with van der Waals surface area (Å²) in [5.74, 6) is 0.201. The van der Waals surface area contributed by atoms with Crippen molar-refractivity contribution >= 4 is 5.84 Å². The zero-order valence-corrected chi connectivity index (χ0v) is 7.58. The number of hydrogen-bond acceptors (Lipinski definition) is 4. The minimum absolute atomic E-state index is 0.0909. The number of oxime groups is 1. The molecule has 0 aromatic carbocycles. The summed E-state index contributed by atoms with van der Waals surface area (Å²) in [6.07, 6.45) is 0.916. The van der Waals surface area contributed by atoms with E-state index in [1.54, 1.807) is 7.11 Å². The summed E-state index contributed by atoms with van der Waals surface area (Å²) in [6, 6.07) is -0.0909. The molecule has 0 aliphatic heterocycles. The highest BCUT2D eigenvalue weighted by Gasteiger charge is 2.04. The third-order valence-electron chi connectivity index (χ3n) is 1.53. The first-order chi connectivity index (χ1) is 5.72. The van der Waals surface area contributed by atoms with Crippen LogP contribution in [0.1, 0.15) is 13.3 Å². The third-order valence-corrected chi connectivity index (χ3v) is 1.53. The summed E-state index contributed by atoms with van der Waals surface area (Å²) in [6.45, 7) is 3.35. The molecule has 1 atom stereocenters. The molecule has 0 saturated carbocycles. The molecular weight excluding hydrogens is 158 g/mol. The maximum absolute atomic E-state index is 8.31. The van der Waals surface area contributed by atoms with Crippen LogP contribution in [0.5, 0.6) is 0 Å². The van der Waals surface area contributed by atoms with Gasteiger partial charge in [-0.25, -0.2) is 0 Å². The lowest BCUT2D eigenvalue weighted by molar-refractivity contribution is 0.194. The Morgan fingerprint density at radius 3 is 2.92 bits per heavy atom. The molecule has 0 aliphatic rings. The largest absolute Gasteiger partial charge is 0.409 e. The molecule has 4 N–H and O–H groups in total. The van der Waals surface area contributed by atoms with Crippen molar-refractivity contribution in [3.63, 3.8) is 0 Å². The van der Waals surface area contributed by atoms with Gasteiger partial charge in [-0.1, -0.05) is 5.16 Å². The Morgan fingerprint density at radius 1 is 1.75 bits per heavy atom. The fraction of sp³-hybridized carbons (Fsp3) is 0.857. The van der Waals surface area contributed by atoms with E-state index in [0.717, 1.165) is 19.6 Å². The van der Waals surface area contributed by atoms with Gasteiger partial charge in [0.15, 0.2) is 5.84 Å². The predicted molar refractivity (Wildman–Crippen MR) is 47.4 cm³/mol. The zero-order chi connectivity index (χ0) is 9.40. The van der Waals surface area contributed by atoms with Crippen LogP contribution in [0.3, 0.4) is 0 Å². The number of nitrogens with zero attached hydrogens (tertiary/aromatic N) is 1. The van der Waals surface area contributed by atoms with E-state index < -0.39 is 0 Å². The normalized spacial score (nSPS) is 14.7. The Bertz CT molecular complexity index is 139. The van der Waals surface area contributed by atoms with Gasteiger partial charge in [0.2, 0.25) is 0 Å². The van der Waals surface area contributed by atoms with E-state index in [9.17, 15) is 0 Å². The first-order valence-corrected chi connectivity index (χ1v) is 3.92. The van der Waals surface area contributed by atoms with Crippen molar-refractivity contribution in [3.05, 3.63) is 0 Å². The Hall–Kier alpha value is -0.810. The first-order valence-electron chi connectivity index (χ1n) is 3.92. The Labute approximate surface area is 72.6 Å². The zero-order valence-electron chi connectivity index (χ0n) is 7.58. The van der Waals surface area contributed by atoms with Crippen molar-refractivity contribution in [2.75, 3.05) is 20.3 Å².